The summed E-state index contributed by atoms with van der Waals surface area (Å²) in [4.78, 5) is 11.6. The highest BCUT2D eigenvalue weighted by Gasteiger charge is 2.22. The lowest BCUT2D eigenvalue weighted by atomic mass is 10.2. The van der Waals surface area contributed by atoms with Crippen LogP contribution in [0, 0.1) is 0 Å². The van der Waals surface area contributed by atoms with Gasteiger partial charge in [-0.25, -0.2) is 13.1 Å². The van der Waals surface area contributed by atoms with Crippen LogP contribution in [0.3, 0.4) is 0 Å². The monoisotopic (exact) mass is 405 g/mol. The van der Waals surface area contributed by atoms with Crippen LogP contribution in [-0.4, -0.2) is 21.1 Å². The van der Waals surface area contributed by atoms with Crippen LogP contribution < -0.4 is 14.2 Å². The van der Waals surface area contributed by atoms with Gasteiger partial charge in [0.25, 0.3) is 15.9 Å². The van der Waals surface area contributed by atoms with E-state index in [0.717, 1.165) is 17.4 Å². The highest BCUT2D eigenvalue weighted by atomic mass is 35.5. The number of thiophene rings is 1. The van der Waals surface area contributed by atoms with Crippen LogP contribution in [0.25, 0.3) is 6.08 Å². The number of fused-ring (bicyclic) bond motifs is 1. The average molecular weight is 406 g/mol. The van der Waals surface area contributed by atoms with Crippen LogP contribution in [0.5, 0.6) is 11.5 Å². The van der Waals surface area contributed by atoms with E-state index in [4.69, 9.17) is 32.7 Å². The van der Waals surface area contributed by atoms with Gasteiger partial charge in [0.05, 0.1) is 4.34 Å². The Morgan fingerprint density at radius 2 is 1.96 bits per heavy atom. The molecule has 0 atom stereocenters. The third kappa shape index (κ3) is 3.67. The molecule has 0 spiro atoms. The van der Waals surface area contributed by atoms with Gasteiger partial charge in [-0.05, 0) is 29.8 Å². The van der Waals surface area contributed by atoms with Crippen molar-refractivity contribution < 1.29 is 22.7 Å². The molecule has 0 saturated carbocycles. The molecule has 126 valence electrons. The third-order valence-corrected chi connectivity index (χ3v) is 6.07. The highest BCUT2D eigenvalue weighted by molar-refractivity contribution is 7.90. The van der Waals surface area contributed by atoms with Crippen molar-refractivity contribution in [2.24, 2.45) is 0 Å². The molecule has 1 aliphatic rings. The first kappa shape index (κ1) is 17.1. The number of amides is 1. The van der Waals surface area contributed by atoms with Crippen molar-refractivity contribution in [2.75, 3.05) is 6.79 Å². The van der Waals surface area contributed by atoms with Gasteiger partial charge in [0.1, 0.15) is 9.23 Å². The molecule has 0 unspecified atom stereocenters. The lowest BCUT2D eigenvalue weighted by molar-refractivity contribution is -0.114. The van der Waals surface area contributed by atoms with Gasteiger partial charge in [-0.3, -0.25) is 4.79 Å². The van der Waals surface area contributed by atoms with Gasteiger partial charge in [-0.1, -0.05) is 29.3 Å². The number of rotatable bonds is 4. The Balaban J connectivity index is 1.72. The second-order valence-corrected chi connectivity index (χ2v) is 8.54. The molecule has 0 radical (unpaired) electrons. The minimum absolute atomic E-state index is 0.0138. The summed E-state index contributed by atoms with van der Waals surface area (Å²) in [6.07, 6.45) is 2.55. The molecule has 24 heavy (non-hydrogen) atoms. The van der Waals surface area contributed by atoms with Crippen molar-refractivity contribution in [2.45, 2.75) is 4.90 Å². The number of benzene rings is 1. The van der Waals surface area contributed by atoms with E-state index < -0.39 is 15.9 Å². The number of carbonyl (C=O) groups excluding carboxylic acids is 1. The number of ether oxygens (including phenoxy) is 2. The molecule has 3 rings (SSSR count). The van der Waals surface area contributed by atoms with E-state index in [1.165, 1.54) is 12.1 Å². The SMILES string of the molecule is O=C(C=Cc1ccc2c(c1)OCO2)NS(=O)(=O)c1cc(Cl)sc1Cl. The zero-order valence-electron chi connectivity index (χ0n) is 11.8. The standard InChI is InChI=1S/C14H9Cl2NO5S2/c15-12-6-11(14(16)23-12)24(19,20)17-13(18)4-2-8-1-3-9-10(5-8)22-7-21-9/h1-6H,7H2,(H,17,18). The van der Waals surface area contributed by atoms with Crippen molar-refractivity contribution in [3.63, 3.8) is 0 Å². The largest absolute Gasteiger partial charge is 0.454 e. The molecule has 1 aromatic carbocycles. The van der Waals surface area contributed by atoms with Crippen molar-refractivity contribution >= 4 is 56.5 Å². The fourth-order valence-corrected chi connectivity index (χ4v) is 5.01. The quantitative estimate of drug-likeness (QED) is 0.788. The molecule has 1 N–H and O–H groups in total. The number of halogens is 2. The van der Waals surface area contributed by atoms with E-state index in [-0.39, 0.29) is 20.4 Å². The van der Waals surface area contributed by atoms with Gasteiger partial charge in [0.2, 0.25) is 6.79 Å². The third-order valence-electron chi connectivity index (χ3n) is 2.97. The average Bonchev–Trinajstić information content (AvgIpc) is 3.10. The molecule has 0 bridgehead atoms. The Hall–Kier alpha value is -1.74. The summed E-state index contributed by atoms with van der Waals surface area (Å²) in [5.41, 5.74) is 0.656. The van der Waals surface area contributed by atoms with E-state index in [1.807, 2.05) is 4.72 Å². The highest BCUT2D eigenvalue weighted by Crippen LogP contribution is 2.34. The zero-order valence-corrected chi connectivity index (χ0v) is 14.9. The fourth-order valence-electron chi connectivity index (χ4n) is 1.92. The molecule has 0 fully saturated rings. The minimum atomic E-state index is -4.08. The van der Waals surface area contributed by atoms with E-state index in [1.54, 1.807) is 18.2 Å². The van der Waals surface area contributed by atoms with Gasteiger partial charge in [-0.2, -0.15) is 0 Å². The molecule has 6 nitrogen and oxygen atoms in total. The van der Waals surface area contributed by atoms with Crippen LogP contribution in [-0.2, 0) is 14.8 Å². The van der Waals surface area contributed by atoms with Gasteiger partial charge >= 0.3 is 0 Å². The van der Waals surface area contributed by atoms with Crippen molar-refractivity contribution in [1.82, 2.24) is 4.72 Å². The molecule has 0 aliphatic carbocycles. The van der Waals surface area contributed by atoms with Crippen molar-refractivity contribution in [1.29, 1.82) is 0 Å². The van der Waals surface area contributed by atoms with E-state index in [0.29, 0.717) is 17.1 Å². The van der Waals surface area contributed by atoms with Crippen molar-refractivity contribution in [3.8, 4) is 11.5 Å². The van der Waals surface area contributed by atoms with Gasteiger partial charge in [0.15, 0.2) is 11.5 Å². The lowest BCUT2D eigenvalue weighted by Gasteiger charge is -2.03. The van der Waals surface area contributed by atoms with E-state index >= 15 is 0 Å². The molecular weight excluding hydrogens is 397 g/mol. The first-order chi connectivity index (χ1) is 11.3. The summed E-state index contributed by atoms with van der Waals surface area (Å²) in [7, 11) is -4.08. The summed E-state index contributed by atoms with van der Waals surface area (Å²) in [6.45, 7) is 0.144. The number of nitrogens with one attached hydrogen (secondary N) is 1. The molecule has 10 heteroatoms. The summed E-state index contributed by atoms with van der Waals surface area (Å²) < 4.78 is 36.7. The molecule has 1 aromatic heterocycles. The Kier molecular flexibility index (Phi) is 4.73. The summed E-state index contributed by atoms with van der Waals surface area (Å²) in [5.74, 6) is 0.360. The predicted octanol–water partition coefficient (Wildman–Crippen LogP) is 3.30. The van der Waals surface area contributed by atoms with Gasteiger partial charge in [0, 0.05) is 6.08 Å². The Bertz CT molecular complexity index is 937. The van der Waals surface area contributed by atoms with Gasteiger partial charge < -0.3 is 9.47 Å². The normalized spacial score (nSPS) is 13.4. The van der Waals surface area contributed by atoms with E-state index in [9.17, 15) is 13.2 Å². The maximum Gasteiger partial charge on any atom is 0.266 e. The van der Waals surface area contributed by atoms with Gasteiger partial charge in [-0.15, -0.1) is 11.3 Å². The van der Waals surface area contributed by atoms with E-state index in [2.05, 4.69) is 0 Å². The zero-order chi connectivity index (χ0) is 17.3. The fraction of sp³-hybridized carbons (Fsp3) is 0.0714. The smallest absolute Gasteiger partial charge is 0.266 e. The summed E-state index contributed by atoms with van der Waals surface area (Å²) >= 11 is 12.4. The lowest BCUT2D eigenvalue weighted by Crippen LogP contribution is -2.28. The number of sulfonamides is 1. The predicted molar refractivity (Wildman–Crippen MR) is 91.3 cm³/mol. The Labute approximate surface area is 151 Å². The first-order valence-corrected chi connectivity index (χ1v) is 9.50. The van der Waals surface area contributed by atoms with Crippen LogP contribution in [0.2, 0.25) is 8.67 Å². The molecular formula is C14H9Cl2NO5S2. The maximum atomic E-state index is 12.1. The Morgan fingerprint density at radius 1 is 1.21 bits per heavy atom. The number of carbonyl (C=O) groups is 1. The molecule has 1 amide bonds. The van der Waals surface area contributed by atoms with Crippen LogP contribution >= 0.6 is 34.5 Å². The molecule has 2 heterocycles. The van der Waals surface area contributed by atoms with Crippen molar-refractivity contribution in [3.05, 3.63) is 44.6 Å². The Morgan fingerprint density at radius 3 is 2.67 bits per heavy atom. The minimum Gasteiger partial charge on any atom is -0.454 e. The molecule has 1 aliphatic heterocycles. The summed E-state index contributed by atoms with van der Waals surface area (Å²) in [6, 6.07) is 6.27. The van der Waals surface area contributed by atoms with Crippen LogP contribution in [0.4, 0.5) is 0 Å². The maximum absolute atomic E-state index is 12.1. The van der Waals surface area contributed by atoms with Crippen LogP contribution in [0.1, 0.15) is 5.56 Å². The molecule has 2 aromatic rings. The van der Waals surface area contributed by atoms with Crippen LogP contribution in [0.15, 0.2) is 35.2 Å². The first-order valence-electron chi connectivity index (χ1n) is 6.44. The number of hydrogen-bond donors (Lipinski definition) is 1. The second kappa shape index (κ2) is 6.64. The topological polar surface area (TPSA) is 81.7 Å². The molecule has 0 saturated heterocycles. The number of hydrogen-bond acceptors (Lipinski definition) is 6. The summed E-state index contributed by atoms with van der Waals surface area (Å²) in [5, 5.41) is 0. The second-order valence-electron chi connectivity index (χ2n) is 4.60.